The largest absolute Gasteiger partial charge is 0.487 e. The zero-order valence-electron chi connectivity index (χ0n) is 10.6. The SMILES string of the molecule is CCOC(=O)C(N)CCOc1c(F)c(F)cc(F)c1F. The van der Waals surface area contributed by atoms with Crippen molar-refractivity contribution in [2.45, 2.75) is 19.4 Å². The molecular formula is C12H13F4NO3. The minimum Gasteiger partial charge on any atom is -0.487 e. The molecule has 1 aromatic rings. The Kier molecular flexibility index (Phi) is 5.75. The van der Waals surface area contributed by atoms with E-state index in [1.54, 1.807) is 6.92 Å². The number of hydrogen-bond acceptors (Lipinski definition) is 4. The van der Waals surface area contributed by atoms with Gasteiger partial charge in [0.2, 0.25) is 11.6 Å². The summed E-state index contributed by atoms with van der Waals surface area (Å²) in [5.74, 6) is -8.33. The Bertz CT molecular complexity index is 470. The summed E-state index contributed by atoms with van der Waals surface area (Å²) in [5.41, 5.74) is 5.41. The predicted molar refractivity (Wildman–Crippen MR) is 61.0 cm³/mol. The number of hydrogen-bond donors (Lipinski definition) is 1. The molecule has 0 aromatic heterocycles. The lowest BCUT2D eigenvalue weighted by Crippen LogP contribution is -2.33. The van der Waals surface area contributed by atoms with Crippen LogP contribution in [0.5, 0.6) is 5.75 Å². The maximum Gasteiger partial charge on any atom is 0.323 e. The Balaban J connectivity index is 2.65. The van der Waals surface area contributed by atoms with Crippen molar-refractivity contribution in [3.63, 3.8) is 0 Å². The maximum atomic E-state index is 13.2. The number of carbonyl (C=O) groups is 1. The van der Waals surface area contributed by atoms with E-state index in [9.17, 15) is 22.4 Å². The highest BCUT2D eigenvalue weighted by Gasteiger charge is 2.21. The Labute approximate surface area is 112 Å². The van der Waals surface area contributed by atoms with Crippen molar-refractivity contribution in [1.82, 2.24) is 0 Å². The van der Waals surface area contributed by atoms with E-state index >= 15 is 0 Å². The molecule has 0 saturated heterocycles. The molecule has 0 aliphatic rings. The minimum atomic E-state index is -1.64. The molecule has 0 amide bonds. The highest BCUT2D eigenvalue weighted by atomic mass is 19.2. The second kappa shape index (κ2) is 7.09. The summed E-state index contributed by atoms with van der Waals surface area (Å²) in [7, 11) is 0. The Morgan fingerprint density at radius 3 is 2.30 bits per heavy atom. The monoisotopic (exact) mass is 295 g/mol. The minimum absolute atomic E-state index is 0.0713. The quantitative estimate of drug-likeness (QED) is 0.495. The van der Waals surface area contributed by atoms with Gasteiger partial charge in [0.05, 0.1) is 13.2 Å². The molecule has 0 spiro atoms. The summed E-state index contributed by atoms with van der Waals surface area (Å²) in [6.07, 6.45) is -0.129. The number of nitrogens with two attached hydrogens (primary N) is 1. The van der Waals surface area contributed by atoms with E-state index in [0.29, 0.717) is 0 Å². The molecule has 0 saturated carbocycles. The molecule has 1 rings (SSSR count). The lowest BCUT2D eigenvalue weighted by Gasteiger charge is -2.12. The second-order valence-corrected chi connectivity index (χ2v) is 3.79. The normalized spacial score (nSPS) is 12.1. The van der Waals surface area contributed by atoms with Gasteiger partial charge in [-0.3, -0.25) is 4.79 Å². The fourth-order valence-electron chi connectivity index (χ4n) is 1.33. The van der Waals surface area contributed by atoms with Crippen LogP contribution in [0.2, 0.25) is 0 Å². The first-order chi connectivity index (χ1) is 9.38. The first kappa shape index (κ1) is 16.2. The molecular weight excluding hydrogens is 282 g/mol. The molecule has 2 N–H and O–H groups in total. The third-order valence-electron chi connectivity index (χ3n) is 2.34. The van der Waals surface area contributed by atoms with E-state index in [1.165, 1.54) is 0 Å². The van der Waals surface area contributed by atoms with Gasteiger partial charge in [-0.15, -0.1) is 0 Å². The Hall–Kier alpha value is -1.83. The van der Waals surface area contributed by atoms with Gasteiger partial charge in [0.25, 0.3) is 0 Å². The molecule has 1 atom stereocenters. The molecule has 4 nitrogen and oxygen atoms in total. The Morgan fingerprint density at radius 2 is 1.80 bits per heavy atom. The van der Waals surface area contributed by atoms with Gasteiger partial charge in [0, 0.05) is 12.5 Å². The smallest absolute Gasteiger partial charge is 0.323 e. The lowest BCUT2D eigenvalue weighted by molar-refractivity contribution is -0.145. The number of ether oxygens (including phenoxy) is 2. The zero-order chi connectivity index (χ0) is 15.3. The van der Waals surface area contributed by atoms with Crippen LogP contribution in [0.3, 0.4) is 0 Å². The fraction of sp³-hybridized carbons (Fsp3) is 0.417. The average molecular weight is 295 g/mol. The van der Waals surface area contributed by atoms with E-state index in [2.05, 4.69) is 9.47 Å². The van der Waals surface area contributed by atoms with Gasteiger partial charge in [0.1, 0.15) is 6.04 Å². The highest BCUT2D eigenvalue weighted by molar-refractivity contribution is 5.75. The lowest BCUT2D eigenvalue weighted by atomic mass is 10.2. The van der Waals surface area contributed by atoms with Crippen molar-refractivity contribution in [3.8, 4) is 5.75 Å². The molecule has 0 bridgehead atoms. The molecule has 0 aliphatic heterocycles. The van der Waals surface area contributed by atoms with Gasteiger partial charge in [-0.25, -0.2) is 8.78 Å². The van der Waals surface area contributed by atoms with Crippen molar-refractivity contribution in [3.05, 3.63) is 29.3 Å². The second-order valence-electron chi connectivity index (χ2n) is 3.79. The molecule has 0 aliphatic carbocycles. The number of rotatable bonds is 6. The van der Waals surface area contributed by atoms with Crippen molar-refractivity contribution < 1.29 is 31.8 Å². The zero-order valence-corrected chi connectivity index (χ0v) is 10.6. The van der Waals surface area contributed by atoms with Crippen LogP contribution in [0.15, 0.2) is 6.07 Å². The first-order valence-electron chi connectivity index (χ1n) is 5.76. The standard InChI is InChI=1S/C12H13F4NO3/c1-2-19-12(18)8(17)3-4-20-11-9(15)6(13)5-7(14)10(11)16/h5,8H,2-4,17H2,1H3. The van der Waals surface area contributed by atoms with Gasteiger partial charge in [-0.2, -0.15) is 8.78 Å². The predicted octanol–water partition coefficient (Wildman–Crippen LogP) is 1.90. The summed E-state index contributed by atoms with van der Waals surface area (Å²) in [6, 6.07) is -0.985. The fourth-order valence-corrected chi connectivity index (χ4v) is 1.33. The maximum absolute atomic E-state index is 13.2. The van der Waals surface area contributed by atoms with Gasteiger partial charge in [-0.05, 0) is 6.92 Å². The third-order valence-corrected chi connectivity index (χ3v) is 2.34. The molecule has 112 valence electrons. The summed E-state index contributed by atoms with van der Waals surface area (Å²) in [4.78, 5) is 11.2. The molecule has 20 heavy (non-hydrogen) atoms. The summed E-state index contributed by atoms with van der Waals surface area (Å²) in [6.45, 7) is 1.31. The highest BCUT2D eigenvalue weighted by Crippen LogP contribution is 2.26. The van der Waals surface area contributed by atoms with Crippen LogP contribution in [0.4, 0.5) is 17.6 Å². The Morgan fingerprint density at radius 1 is 1.25 bits per heavy atom. The molecule has 8 heteroatoms. The molecule has 1 unspecified atom stereocenters. The summed E-state index contributed by atoms with van der Waals surface area (Å²) in [5, 5.41) is 0. The van der Waals surface area contributed by atoms with Crippen LogP contribution in [-0.4, -0.2) is 25.2 Å². The molecule has 0 heterocycles. The van der Waals surface area contributed by atoms with Crippen LogP contribution in [0.1, 0.15) is 13.3 Å². The van der Waals surface area contributed by atoms with E-state index < -0.39 is 47.6 Å². The first-order valence-corrected chi connectivity index (χ1v) is 5.76. The van der Waals surface area contributed by atoms with E-state index in [0.717, 1.165) is 0 Å². The van der Waals surface area contributed by atoms with Crippen LogP contribution in [-0.2, 0) is 9.53 Å². The van der Waals surface area contributed by atoms with E-state index in [-0.39, 0.29) is 19.1 Å². The summed E-state index contributed by atoms with van der Waals surface area (Å²) >= 11 is 0. The molecule has 0 radical (unpaired) electrons. The van der Waals surface area contributed by atoms with E-state index in [1.807, 2.05) is 0 Å². The van der Waals surface area contributed by atoms with Crippen molar-refractivity contribution >= 4 is 5.97 Å². The number of benzene rings is 1. The van der Waals surface area contributed by atoms with Gasteiger partial charge < -0.3 is 15.2 Å². The number of esters is 1. The van der Waals surface area contributed by atoms with Crippen molar-refractivity contribution in [2.24, 2.45) is 5.73 Å². The number of halogens is 4. The third kappa shape index (κ3) is 3.83. The van der Waals surface area contributed by atoms with Crippen LogP contribution in [0.25, 0.3) is 0 Å². The van der Waals surface area contributed by atoms with Crippen LogP contribution >= 0.6 is 0 Å². The summed E-state index contributed by atoms with van der Waals surface area (Å²) < 4.78 is 61.4. The van der Waals surface area contributed by atoms with Gasteiger partial charge in [-0.1, -0.05) is 0 Å². The van der Waals surface area contributed by atoms with Crippen LogP contribution in [0, 0.1) is 23.3 Å². The number of carbonyl (C=O) groups excluding carboxylic acids is 1. The van der Waals surface area contributed by atoms with Crippen molar-refractivity contribution in [2.75, 3.05) is 13.2 Å². The topological polar surface area (TPSA) is 61.5 Å². The average Bonchev–Trinajstić information content (AvgIpc) is 2.40. The van der Waals surface area contributed by atoms with Gasteiger partial charge in [0.15, 0.2) is 17.4 Å². The van der Waals surface area contributed by atoms with Crippen molar-refractivity contribution in [1.29, 1.82) is 0 Å². The molecule has 0 fully saturated rings. The molecule has 1 aromatic carbocycles. The van der Waals surface area contributed by atoms with E-state index in [4.69, 9.17) is 5.73 Å². The van der Waals surface area contributed by atoms with Gasteiger partial charge >= 0.3 is 5.97 Å². The van der Waals surface area contributed by atoms with Crippen LogP contribution < -0.4 is 10.5 Å².